The number of para-hydroxylation sites is 1. The molecule has 2 N–H and O–H groups in total. The van der Waals surface area contributed by atoms with E-state index >= 15 is 0 Å². The Balaban J connectivity index is 1.29. The first-order valence-electron chi connectivity index (χ1n) is 11.2. The fourth-order valence-electron chi connectivity index (χ4n) is 4.56. The summed E-state index contributed by atoms with van der Waals surface area (Å²) >= 11 is 0. The van der Waals surface area contributed by atoms with Gasteiger partial charge in [-0.3, -0.25) is 9.59 Å². The molecule has 0 radical (unpaired) electrons. The number of likely N-dealkylation sites (tertiary alicyclic amines) is 1. The highest BCUT2D eigenvalue weighted by Crippen LogP contribution is 2.27. The minimum Gasteiger partial charge on any atom is -0.361 e. The molecule has 0 unspecified atom stereocenters. The van der Waals surface area contributed by atoms with E-state index in [0.29, 0.717) is 30.1 Å². The van der Waals surface area contributed by atoms with Gasteiger partial charge in [-0.15, -0.1) is 0 Å². The Kier molecular flexibility index (Phi) is 5.46. The first-order valence-corrected chi connectivity index (χ1v) is 11.2. The topological polar surface area (TPSA) is 91.2 Å². The molecule has 2 aromatic heterocycles. The Morgan fingerprint density at radius 1 is 1.12 bits per heavy atom. The number of aromatic nitrogens is 2. The molecule has 33 heavy (non-hydrogen) atoms. The van der Waals surface area contributed by atoms with Crippen LogP contribution in [0.2, 0.25) is 0 Å². The highest BCUT2D eigenvalue weighted by atomic mass is 16.5. The summed E-state index contributed by atoms with van der Waals surface area (Å²) in [6.07, 6.45) is 1.53. The second kappa shape index (κ2) is 8.58. The zero-order chi connectivity index (χ0) is 22.9. The van der Waals surface area contributed by atoms with Gasteiger partial charge in [0, 0.05) is 40.9 Å². The Morgan fingerprint density at radius 2 is 1.97 bits per heavy atom. The Bertz CT molecular complexity index is 1280. The van der Waals surface area contributed by atoms with Crippen molar-refractivity contribution >= 4 is 28.4 Å². The van der Waals surface area contributed by atoms with Gasteiger partial charge in [-0.1, -0.05) is 35.5 Å². The maximum atomic E-state index is 13.1. The van der Waals surface area contributed by atoms with Crippen molar-refractivity contribution in [2.24, 2.45) is 5.92 Å². The van der Waals surface area contributed by atoms with E-state index in [4.69, 9.17) is 4.52 Å². The summed E-state index contributed by atoms with van der Waals surface area (Å²) < 4.78 is 5.15. The maximum absolute atomic E-state index is 13.1. The standard InChI is InChI=1S/C26H26N4O3/c1-16-24(17(2)33-29-16)26(32)30-12-6-9-20(15-30)25(31)27-21-10-5-8-18(13-21)23-14-19-7-3-4-11-22(19)28-23/h3-5,7-8,10-11,13-14,20,28H,6,9,12,15H2,1-2H3,(H,27,31)/t20-/m1/s1. The largest absolute Gasteiger partial charge is 0.361 e. The zero-order valence-corrected chi connectivity index (χ0v) is 18.7. The second-order valence-electron chi connectivity index (χ2n) is 8.63. The monoisotopic (exact) mass is 442 g/mol. The van der Waals surface area contributed by atoms with E-state index in [2.05, 4.69) is 27.6 Å². The second-order valence-corrected chi connectivity index (χ2v) is 8.63. The molecule has 0 saturated carbocycles. The van der Waals surface area contributed by atoms with Gasteiger partial charge in [-0.05, 0) is 51.0 Å². The van der Waals surface area contributed by atoms with Gasteiger partial charge >= 0.3 is 0 Å². The fourth-order valence-corrected chi connectivity index (χ4v) is 4.56. The van der Waals surface area contributed by atoms with Crippen molar-refractivity contribution < 1.29 is 14.1 Å². The number of aryl methyl sites for hydroxylation is 2. The van der Waals surface area contributed by atoms with Crippen molar-refractivity contribution in [3.63, 3.8) is 0 Å². The van der Waals surface area contributed by atoms with Gasteiger partial charge in [0.2, 0.25) is 5.91 Å². The average Bonchev–Trinajstić information content (AvgIpc) is 3.41. The van der Waals surface area contributed by atoms with Gasteiger partial charge in [-0.25, -0.2) is 0 Å². The quantitative estimate of drug-likeness (QED) is 0.469. The molecule has 2 aromatic carbocycles. The van der Waals surface area contributed by atoms with Crippen LogP contribution in [-0.4, -0.2) is 39.9 Å². The molecule has 1 aliphatic heterocycles. The van der Waals surface area contributed by atoms with Crippen molar-refractivity contribution in [2.45, 2.75) is 26.7 Å². The molecule has 1 aliphatic rings. The van der Waals surface area contributed by atoms with E-state index in [1.807, 2.05) is 42.5 Å². The van der Waals surface area contributed by atoms with Crippen molar-refractivity contribution in [1.29, 1.82) is 0 Å². The number of anilines is 1. The number of benzene rings is 2. The number of carbonyl (C=O) groups is 2. The molecule has 2 amide bonds. The van der Waals surface area contributed by atoms with E-state index < -0.39 is 0 Å². The van der Waals surface area contributed by atoms with E-state index in [9.17, 15) is 9.59 Å². The number of rotatable bonds is 4. The predicted molar refractivity (Wildman–Crippen MR) is 127 cm³/mol. The average molecular weight is 443 g/mol. The minimum atomic E-state index is -0.264. The summed E-state index contributed by atoms with van der Waals surface area (Å²) in [7, 11) is 0. The van der Waals surface area contributed by atoms with Crippen LogP contribution >= 0.6 is 0 Å². The van der Waals surface area contributed by atoms with Gasteiger partial charge in [0.05, 0.1) is 11.6 Å². The first-order chi connectivity index (χ1) is 16.0. The van der Waals surface area contributed by atoms with Crippen LogP contribution in [0.1, 0.15) is 34.7 Å². The van der Waals surface area contributed by atoms with Crippen molar-refractivity contribution in [2.75, 3.05) is 18.4 Å². The van der Waals surface area contributed by atoms with Gasteiger partial charge in [0.25, 0.3) is 5.91 Å². The lowest BCUT2D eigenvalue weighted by Gasteiger charge is -2.32. The Labute approximate surface area is 191 Å². The fraction of sp³-hybridized carbons (Fsp3) is 0.269. The highest BCUT2D eigenvalue weighted by Gasteiger charge is 2.31. The van der Waals surface area contributed by atoms with E-state index in [1.165, 1.54) is 0 Å². The van der Waals surface area contributed by atoms with Crippen LogP contribution in [0.25, 0.3) is 22.2 Å². The number of H-pyrrole nitrogens is 1. The molecule has 7 heteroatoms. The number of carbonyl (C=O) groups excluding carboxylic acids is 2. The lowest BCUT2D eigenvalue weighted by Crippen LogP contribution is -2.44. The summed E-state index contributed by atoms with van der Waals surface area (Å²) in [5.74, 6) is 0.0578. The summed E-state index contributed by atoms with van der Waals surface area (Å²) in [5.41, 5.74) is 4.90. The van der Waals surface area contributed by atoms with Gasteiger partial charge in [-0.2, -0.15) is 0 Å². The van der Waals surface area contributed by atoms with Crippen LogP contribution < -0.4 is 5.32 Å². The van der Waals surface area contributed by atoms with Gasteiger partial charge in [0.1, 0.15) is 11.3 Å². The molecule has 0 spiro atoms. The van der Waals surface area contributed by atoms with Crippen molar-refractivity contribution in [3.8, 4) is 11.3 Å². The molecular formula is C26H26N4O3. The van der Waals surface area contributed by atoms with Crippen LogP contribution in [-0.2, 0) is 4.79 Å². The smallest absolute Gasteiger partial charge is 0.259 e. The molecule has 1 fully saturated rings. The third-order valence-corrected chi connectivity index (χ3v) is 6.30. The lowest BCUT2D eigenvalue weighted by molar-refractivity contribution is -0.121. The van der Waals surface area contributed by atoms with Crippen LogP contribution in [0.15, 0.2) is 59.1 Å². The molecular weight excluding hydrogens is 416 g/mol. The lowest BCUT2D eigenvalue weighted by atomic mass is 9.96. The van der Waals surface area contributed by atoms with Crippen LogP contribution in [0.3, 0.4) is 0 Å². The Hall–Kier alpha value is -3.87. The molecule has 1 atom stereocenters. The molecule has 0 aliphatic carbocycles. The van der Waals surface area contributed by atoms with E-state index in [0.717, 1.165) is 40.7 Å². The molecule has 7 nitrogen and oxygen atoms in total. The minimum absolute atomic E-state index is 0.0694. The number of hydrogen-bond acceptors (Lipinski definition) is 4. The van der Waals surface area contributed by atoms with Crippen LogP contribution in [0.5, 0.6) is 0 Å². The Morgan fingerprint density at radius 3 is 2.76 bits per heavy atom. The number of piperidine rings is 1. The number of amides is 2. The number of nitrogens with zero attached hydrogens (tertiary/aromatic N) is 2. The third-order valence-electron chi connectivity index (χ3n) is 6.30. The van der Waals surface area contributed by atoms with Crippen LogP contribution in [0, 0.1) is 19.8 Å². The van der Waals surface area contributed by atoms with E-state index in [1.54, 1.807) is 18.7 Å². The molecule has 0 bridgehead atoms. The maximum Gasteiger partial charge on any atom is 0.259 e. The van der Waals surface area contributed by atoms with Crippen molar-refractivity contribution in [3.05, 3.63) is 71.6 Å². The van der Waals surface area contributed by atoms with Gasteiger partial charge in [0.15, 0.2) is 0 Å². The first kappa shape index (κ1) is 21.0. The highest BCUT2D eigenvalue weighted by molar-refractivity contribution is 5.98. The van der Waals surface area contributed by atoms with Crippen molar-refractivity contribution in [1.82, 2.24) is 15.0 Å². The summed E-state index contributed by atoms with van der Waals surface area (Å²) in [6, 6.07) is 18.1. The summed E-state index contributed by atoms with van der Waals surface area (Å²) in [6.45, 7) is 4.51. The van der Waals surface area contributed by atoms with Crippen LogP contribution in [0.4, 0.5) is 5.69 Å². The SMILES string of the molecule is Cc1noc(C)c1C(=O)N1CCC[C@@H](C(=O)Nc2cccc(-c3cc4ccccc4[nH]3)c2)C1. The predicted octanol–water partition coefficient (Wildman–Crippen LogP) is 4.93. The molecule has 5 rings (SSSR count). The molecule has 3 heterocycles. The van der Waals surface area contributed by atoms with E-state index in [-0.39, 0.29) is 17.7 Å². The number of hydrogen-bond donors (Lipinski definition) is 2. The molecule has 4 aromatic rings. The molecule has 1 saturated heterocycles. The summed E-state index contributed by atoms with van der Waals surface area (Å²) in [4.78, 5) is 31.2. The number of aromatic amines is 1. The number of nitrogens with one attached hydrogen (secondary N) is 2. The van der Waals surface area contributed by atoms with Gasteiger partial charge < -0.3 is 19.7 Å². The molecule has 168 valence electrons. The summed E-state index contributed by atoms with van der Waals surface area (Å²) in [5, 5.41) is 8.08. The third kappa shape index (κ3) is 4.14. The normalized spacial score (nSPS) is 16.2. The number of fused-ring (bicyclic) bond motifs is 1. The zero-order valence-electron chi connectivity index (χ0n) is 18.7.